The summed E-state index contributed by atoms with van der Waals surface area (Å²) in [6.45, 7) is 2.29. The minimum absolute atomic E-state index is 0.0562. The number of hydrogen-bond acceptors (Lipinski definition) is 3. The Kier molecular flexibility index (Phi) is 7.65. The average molecular weight is 283 g/mol. The standard InChI is InChI=1S/C15H22FNO3/c1-2-3-4-5-15(19)17-10-13(18)11-20-14-8-6-12(16)7-9-14/h6-9,13,18H,2-5,10-11H2,1H3,(H,17,19)/t13-/m0/s1. The number of aliphatic hydroxyl groups excluding tert-OH is 1. The lowest BCUT2D eigenvalue weighted by molar-refractivity contribution is -0.121. The zero-order valence-electron chi connectivity index (χ0n) is 11.8. The van der Waals surface area contributed by atoms with E-state index in [2.05, 4.69) is 12.2 Å². The summed E-state index contributed by atoms with van der Waals surface area (Å²) in [5, 5.41) is 12.3. The molecule has 0 aliphatic heterocycles. The molecule has 0 aliphatic carbocycles. The molecule has 0 spiro atoms. The van der Waals surface area contributed by atoms with Gasteiger partial charge in [-0.05, 0) is 30.7 Å². The van der Waals surface area contributed by atoms with Gasteiger partial charge in [-0.2, -0.15) is 0 Å². The zero-order chi connectivity index (χ0) is 14.8. The SMILES string of the molecule is CCCCCC(=O)NC[C@H](O)COc1ccc(F)cc1. The summed E-state index contributed by atoms with van der Waals surface area (Å²) < 4.78 is 18.0. The van der Waals surface area contributed by atoms with E-state index in [1.807, 2.05) is 0 Å². The van der Waals surface area contributed by atoms with Crippen LogP contribution in [0.5, 0.6) is 5.75 Å². The van der Waals surface area contributed by atoms with Crippen molar-refractivity contribution in [3.8, 4) is 5.75 Å². The molecule has 0 aromatic heterocycles. The average Bonchev–Trinajstić information content (AvgIpc) is 2.45. The molecule has 2 N–H and O–H groups in total. The van der Waals surface area contributed by atoms with Crippen LogP contribution < -0.4 is 10.1 Å². The van der Waals surface area contributed by atoms with Crippen LogP contribution in [0.1, 0.15) is 32.6 Å². The largest absolute Gasteiger partial charge is 0.491 e. The first-order valence-electron chi connectivity index (χ1n) is 6.95. The van der Waals surface area contributed by atoms with Gasteiger partial charge in [0.15, 0.2) is 0 Å². The van der Waals surface area contributed by atoms with E-state index < -0.39 is 6.10 Å². The molecule has 0 radical (unpaired) electrons. The van der Waals surface area contributed by atoms with E-state index in [0.717, 1.165) is 19.3 Å². The van der Waals surface area contributed by atoms with Gasteiger partial charge in [-0.3, -0.25) is 4.79 Å². The van der Waals surface area contributed by atoms with Gasteiger partial charge in [0.25, 0.3) is 0 Å². The Balaban J connectivity index is 2.15. The number of benzene rings is 1. The van der Waals surface area contributed by atoms with Gasteiger partial charge in [0, 0.05) is 13.0 Å². The van der Waals surface area contributed by atoms with Gasteiger partial charge in [-0.1, -0.05) is 19.8 Å². The maximum absolute atomic E-state index is 12.7. The number of carbonyl (C=O) groups excluding carboxylic acids is 1. The van der Waals surface area contributed by atoms with Crippen molar-refractivity contribution >= 4 is 5.91 Å². The zero-order valence-corrected chi connectivity index (χ0v) is 11.8. The van der Waals surface area contributed by atoms with E-state index in [1.165, 1.54) is 24.3 Å². The van der Waals surface area contributed by atoms with Gasteiger partial charge in [-0.15, -0.1) is 0 Å². The van der Waals surface area contributed by atoms with Crippen molar-refractivity contribution in [1.82, 2.24) is 5.32 Å². The molecule has 0 fully saturated rings. The summed E-state index contributed by atoms with van der Waals surface area (Å²) in [5.74, 6) is 0.0937. The molecule has 0 bridgehead atoms. The molecule has 1 aromatic rings. The lowest BCUT2D eigenvalue weighted by Gasteiger charge is -2.13. The molecular weight excluding hydrogens is 261 g/mol. The molecule has 112 valence electrons. The number of ether oxygens (including phenoxy) is 1. The summed E-state index contributed by atoms with van der Waals surface area (Å²) >= 11 is 0. The highest BCUT2D eigenvalue weighted by Gasteiger charge is 2.08. The summed E-state index contributed by atoms with van der Waals surface area (Å²) in [6.07, 6.45) is 2.67. The van der Waals surface area contributed by atoms with Crippen LogP contribution in [0, 0.1) is 5.82 Å². The number of rotatable bonds is 9. The van der Waals surface area contributed by atoms with E-state index in [9.17, 15) is 14.3 Å². The van der Waals surface area contributed by atoms with Crippen LogP contribution in [-0.2, 0) is 4.79 Å². The fourth-order valence-corrected chi connectivity index (χ4v) is 1.64. The van der Waals surface area contributed by atoms with E-state index in [4.69, 9.17) is 4.74 Å². The minimum Gasteiger partial charge on any atom is -0.491 e. The summed E-state index contributed by atoms with van der Waals surface area (Å²) in [6, 6.07) is 5.56. The number of carbonyl (C=O) groups is 1. The molecule has 0 saturated carbocycles. The molecule has 0 aliphatic rings. The first kappa shape index (κ1) is 16.4. The van der Waals surface area contributed by atoms with Crippen molar-refractivity contribution in [2.75, 3.05) is 13.2 Å². The first-order chi connectivity index (χ1) is 9.61. The third-order valence-electron chi connectivity index (χ3n) is 2.80. The highest BCUT2D eigenvalue weighted by Crippen LogP contribution is 2.11. The van der Waals surface area contributed by atoms with Crippen LogP contribution in [0.15, 0.2) is 24.3 Å². The molecule has 1 amide bonds. The lowest BCUT2D eigenvalue weighted by Crippen LogP contribution is -2.35. The Labute approximate surface area is 119 Å². The van der Waals surface area contributed by atoms with Gasteiger partial charge in [0.2, 0.25) is 5.91 Å². The van der Waals surface area contributed by atoms with Crippen LogP contribution in [0.2, 0.25) is 0 Å². The van der Waals surface area contributed by atoms with E-state index >= 15 is 0 Å². The van der Waals surface area contributed by atoms with Gasteiger partial charge in [-0.25, -0.2) is 4.39 Å². The first-order valence-corrected chi connectivity index (χ1v) is 6.95. The lowest BCUT2D eigenvalue weighted by atomic mass is 10.2. The molecule has 4 nitrogen and oxygen atoms in total. The third-order valence-corrected chi connectivity index (χ3v) is 2.80. The number of hydrogen-bond donors (Lipinski definition) is 2. The molecule has 20 heavy (non-hydrogen) atoms. The van der Waals surface area contributed by atoms with Crippen LogP contribution >= 0.6 is 0 Å². The van der Waals surface area contributed by atoms with Gasteiger partial charge < -0.3 is 15.2 Å². The molecule has 1 atom stereocenters. The quantitative estimate of drug-likeness (QED) is 0.683. The Morgan fingerprint density at radius 3 is 2.70 bits per heavy atom. The van der Waals surface area contributed by atoms with Crippen LogP contribution in [0.3, 0.4) is 0 Å². The van der Waals surface area contributed by atoms with Crippen molar-refractivity contribution in [2.24, 2.45) is 0 Å². The van der Waals surface area contributed by atoms with Gasteiger partial charge in [0.05, 0.1) is 0 Å². The summed E-state index contributed by atoms with van der Waals surface area (Å²) in [4.78, 5) is 11.4. The Hall–Kier alpha value is -1.62. The maximum Gasteiger partial charge on any atom is 0.220 e. The molecule has 1 rings (SSSR count). The van der Waals surface area contributed by atoms with Gasteiger partial charge in [0.1, 0.15) is 24.3 Å². The maximum atomic E-state index is 12.7. The van der Waals surface area contributed by atoms with Crippen LogP contribution in [0.25, 0.3) is 0 Å². The van der Waals surface area contributed by atoms with Crippen LogP contribution in [0.4, 0.5) is 4.39 Å². The predicted molar refractivity (Wildman–Crippen MR) is 75.1 cm³/mol. The summed E-state index contributed by atoms with van der Waals surface area (Å²) in [5.41, 5.74) is 0. The molecule has 1 aromatic carbocycles. The van der Waals surface area contributed by atoms with E-state index in [0.29, 0.717) is 12.2 Å². The van der Waals surface area contributed by atoms with Crippen molar-refractivity contribution < 1.29 is 19.0 Å². The number of halogens is 1. The molecule has 0 unspecified atom stereocenters. The Morgan fingerprint density at radius 1 is 1.35 bits per heavy atom. The highest BCUT2D eigenvalue weighted by atomic mass is 19.1. The summed E-state index contributed by atoms with van der Waals surface area (Å²) in [7, 11) is 0. The minimum atomic E-state index is -0.782. The fraction of sp³-hybridized carbons (Fsp3) is 0.533. The molecule has 0 saturated heterocycles. The van der Waals surface area contributed by atoms with Gasteiger partial charge >= 0.3 is 0 Å². The van der Waals surface area contributed by atoms with Crippen molar-refractivity contribution in [1.29, 1.82) is 0 Å². The molecule has 0 heterocycles. The Morgan fingerprint density at radius 2 is 2.05 bits per heavy atom. The highest BCUT2D eigenvalue weighted by molar-refractivity contribution is 5.75. The topological polar surface area (TPSA) is 58.6 Å². The van der Waals surface area contributed by atoms with E-state index in [1.54, 1.807) is 0 Å². The second-order valence-corrected chi connectivity index (χ2v) is 4.68. The molecule has 5 heteroatoms. The third kappa shape index (κ3) is 7.09. The number of unbranched alkanes of at least 4 members (excludes halogenated alkanes) is 2. The molecular formula is C15H22FNO3. The van der Waals surface area contributed by atoms with Crippen molar-refractivity contribution in [2.45, 2.75) is 38.7 Å². The number of aliphatic hydroxyl groups is 1. The van der Waals surface area contributed by atoms with Crippen LogP contribution in [-0.4, -0.2) is 30.3 Å². The fourth-order valence-electron chi connectivity index (χ4n) is 1.64. The second kappa shape index (κ2) is 9.31. The second-order valence-electron chi connectivity index (χ2n) is 4.68. The smallest absolute Gasteiger partial charge is 0.220 e. The number of amides is 1. The Bertz CT molecular complexity index is 395. The van der Waals surface area contributed by atoms with Crippen molar-refractivity contribution in [3.63, 3.8) is 0 Å². The normalized spacial score (nSPS) is 11.9. The predicted octanol–water partition coefficient (Wildman–Crippen LogP) is 2.26. The van der Waals surface area contributed by atoms with Crippen molar-refractivity contribution in [3.05, 3.63) is 30.1 Å². The monoisotopic (exact) mass is 283 g/mol. The number of nitrogens with one attached hydrogen (secondary N) is 1. The van der Waals surface area contributed by atoms with E-state index in [-0.39, 0.29) is 24.9 Å².